The molecule has 0 spiro atoms. The Bertz CT molecular complexity index is 579. The molecule has 7 heteroatoms. The van der Waals surface area contributed by atoms with Crippen LogP contribution in [0.5, 0.6) is 0 Å². The van der Waals surface area contributed by atoms with E-state index in [9.17, 15) is 4.79 Å². The lowest BCUT2D eigenvalue weighted by Gasteiger charge is -2.27. The number of alkyl halides is 3. The van der Waals surface area contributed by atoms with Gasteiger partial charge in [-0.3, -0.25) is 4.79 Å². The summed E-state index contributed by atoms with van der Waals surface area (Å²) >= 11 is 20.4. The lowest BCUT2D eigenvalue weighted by atomic mass is 10.0. The van der Waals surface area contributed by atoms with Gasteiger partial charge < -0.3 is 10.6 Å². The highest BCUT2D eigenvalue weighted by Gasteiger charge is 2.33. The topological polar surface area (TPSA) is 41.1 Å². The van der Waals surface area contributed by atoms with E-state index in [4.69, 9.17) is 34.8 Å². The molecule has 0 aliphatic carbocycles. The van der Waals surface area contributed by atoms with Gasteiger partial charge in [0.15, 0.2) is 0 Å². The number of benzene rings is 1. The lowest BCUT2D eigenvalue weighted by Crippen LogP contribution is -2.49. The molecule has 1 atom stereocenters. The molecule has 0 bridgehead atoms. The molecule has 0 heterocycles. The van der Waals surface area contributed by atoms with Crippen LogP contribution in [0.3, 0.4) is 0 Å². The van der Waals surface area contributed by atoms with Crippen molar-refractivity contribution in [3.63, 3.8) is 0 Å². The average Bonchev–Trinajstić information content (AvgIpc) is 2.69. The fourth-order valence-corrected chi connectivity index (χ4v) is 3.96. The Morgan fingerprint density at radius 2 is 1.33 bits per heavy atom. The summed E-state index contributed by atoms with van der Waals surface area (Å²) in [7, 11) is 0. The normalized spacial score (nSPS) is 12.6. The van der Waals surface area contributed by atoms with E-state index < -0.39 is 9.96 Å². The molecule has 0 saturated heterocycles. The van der Waals surface area contributed by atoms with Crippen molar-refractivity contribution in [3.8, 4) is 0 Å². The van der Waals surface area contributed by atoms with Gasteiger partial charge in [0.1, 0.15) is 6.17 Å². The summed E-state index contributed by atoms with van der Waals surface area (Å²) in [4.78, 5) is 12.3. The van der Waals surface area contributed by atoms with Gasteiger partial charge in [-0.2, -0.15) is 0 Å². The molecule has 172 valence electrons. The van der Waals surface area contributed by atoms with Gasteiger partial charge in [0.05, 0.1) is 0 Å². The minimum atomic E-state index is -1.64. The van der Waals surface area contributed by atoms with Crippen LogP contribution in [0.2, 0.25) is 0 Å². The maximum absolute atomic E-state index is 12.3. The summed E-state index contributed by atoms with van der Waals surface area (Å²) in [6.45, 7) is 2.25. The van der Waals surface area contributed by atoms with Gasteiger partial charge >= 0.3 is 0 Å². The SMILES string of the molecule is CCCCCCCCCCCCCCC(=O)N[C@@H](Nc1ccc(I)cc1)C(Cl)(Cl)Cl. The number of carbonyl (C=O) groups excluding carboxylic acids is 1. The molecule has 0 radical (unpaired) electrons. The number of halogens is 4. The Hall–Kier alpha value is 0.0900. The Kier molecular flexibility index (Phi) is 15.6. The fourth-order valence-electron chi connectivity index (χ4n) is 3.27. The molecule has 0 aliphatic heterocycles. The summed E-state index contributed by atoms with van der Waals surface area (Å²) in [5.74, 6) is -0.101. The van der Waals surface area contributed by atoms with E-state index in [-0.39, 0.29) is 5.91 Å². The maximum atomic E-state index is 12.3. The molecule has 2 N–H and O–H groups in total. The van der Waals surface area contributed by atoms with Gasteiger partial charge in [0, 0.05) is 15.7 Å². The van der Waals surface area contributed by atoms with Gasteiger partial charge in [-0.1, -0.05) is 112 Å². The van der Waals surface area contributed by atoms with Gasteiger partial charge in [-0.15, -0.1) is 0 Å². The van der Waals surface area contributed by atoms with Crippen LogP contribution in [0, 0.1) is 3.57 Å². The molecule has 1 aromatic rings. The minimum Gasteiger partial charge on any atom is -0.362 e. The molecular formula is C23H36Cl3IN2O. The molecular weight excluding hydrogens is 554 g/mol. The quantitative estimate of drug-likeness (QED) is 0.0877. The van der Waals surface area contributed by atoms with Crippen molar-refractivity contribution in [2.45, 2.75) is 100 Å². The molecule has 0 fully saturated rings. The van der Waals surface area contributed by atoms with Crippen LogP contribution < -0.4 is 10.6 Å². The summed E-state index contributed by atoms with van der Waals surface area (Å²) < 4.78 is -0.533. The van der Waals surface area contributed by atoms with Gasteiger partial charge in [-0.25, -0.2) is 0 Å². The number of nitrogens with one attached hydrogen (secondary N) is 2. The van der Waals surface area contributed by atoms with Gasteiger partial charge in [0.25, 0.3) is 0 Å². The van der Waals surface area contributed by atoms with Crippen LogP contribution in [-0.2, 0) is 4.79 Å². The Labute approximate surface area is 211 Å². The first-order chi connectivity index (χ1) is 14.3. The first-order valence-electron chi connectivity index (χ1n) is 11.2. The van der Waals surface area contributed by atoms with E-state index in [1.165, 1.54) is 64.2 Å². The Balaban J connectivity index is 2.15. The van der Waals surface area contributed by atoms with Crippen molar-refractivity contribution < 1.29 is 4.79 Å². The molecule has 0 saturated carbocycles. The summed E-state index contributed by atoms with van der Waals surface area (Å²) in [6, 6.07) is 7.68. The third-order valence-electron chi connectivity index (χ3n) is 5.05. The standard InChI is InChI=1S/C23H36Cl3IN2O/c1-2-3-4-5-6-7-8-9-10-11-12-13-14-21(30)29-22(23(24,25)26)28-20-17-15-19(27)16-18-20/h15-18,22,28H,2-14H2,1H3,(H,29,30)/t22-/m1/s1. The smallest absolute Gasteiger partial charge is 0.228 e. The summed E-state index contributed by atoms with van der Waals surface area (Å²) in [6.07, 6.45) is 14.8. The lowest BCUT2D eigenvalue weighted by molar-refractivity contribution is -0.121. The zero-order valence-electron chi connectivity index (χ0n) is 18.0. The first kappa shape index (κ1) is 28.1. The largest absolute Gasteiger partial charge is 0.362 e. The zero-order valence-corrected chi connectivity index (χ0v) is 22.4. The van der Waals surface area contributed by atoms with Crippen molar-refractivity contribution in [2.75, 3.05) is 5.32 Å². The maximum Gasteiger partial charge on any atom is 0.228 e. The average molecular weight is 590 g/mol. The second-order valence-electron chi connectivity index (χ2n) is 7.83. The van der Waals surface area contributed by atoms with E-state index in [0.717, 1.165) is 22.1 Å². The predicted molar refractivity (Wildman–Crippen MR) is 141 cm³/mol. The number of anilines is 1. The molecule has 1 aromatic carbocycles. The zero-order chi connectivity index (χ0) is 22.2. The van der Waals surface area contributed by atoms with Crippen molar-refractivity contribution in [1.29, 1.82) is 0 Å². The first-order valence-corrected chi connectivity index (χ1v) is 13.4. The summed E-state index contributed by atoms with van der Waals surface area (Å²) in [5.41, 5.74) is 0.789. The van der Waals surface area contributed by atoms with E-state index in [1.54, 1.807) is 0 Å². The molecule has 3 nitrogen and oxygen atoms in total. The number of rotatable bonds is 16. The fraction of sp³-hybridized carbons (Fsp3) is 0.696. The Morgan fingerprint density at radius 3 is 1.80 bits per heavy atom. The van der Waals surface area contributed by atoms with E-state index in [0.29, 0.717) is 6.42 Å². The minimum absolute atomic E-state index is 0.101. The number of amides is 1. The highest BCUT2D eigenvalue weighted by molar-refractivity contribution is 14.1. The van der Waals surface area contributed by atoms with Crippen LogP contribution in [0.4, 0.5) is 5.69 Å². The van der Waals surface area contributed by atoms with Crippen LogP contribution in [-0.4, -0.2) is 15.9 Å². The molecule has 1 rings (SSSR count). The number of unbranched alkanes of at least 4 members (excludes halogenated alkanes) is 11. The highest BCUT2D eigenvalue weighted by atomic mass is 127. The van der Waals surface area contributed by atoms with Crippen LogP contribution >= 0.6 is 57.4 Å². The molecule has 1 amide bonds. The second kappa shape index (κ2) is 16.7. The number of hydrogen-bond acceptors (Lipinski definition) is 2. The van der Waals surface area contributed by atoms with E-state index in [1.807, 2.05) is 24.3 Å². The molecule has 0 aromatic heterocycles. The van der Waals surface area contributed by atoms with Crippen molar-refractivity contribution in [1.82, 2.24) is 5.32 Å². The van der Waals surface area contributed by atoms with Crippen molar-refractivity contribution in [3.05, 3.63) is 27.8 Å². The van der Waals surface area contributed by atoms with Gasteiger partial charge in [-0.05, 0) is 53.3 Å². The molecule has 0 aliphatic rings. The van der Waals surface area contributed by atoms with Crippen molar-refractivity contribution >= 4 is 69.0 Å². The number of carbonyl (C=O) groups is 1. The van der Waals surface area contributed by atoms with Crippen molar-refractivity contribution in [2.24, 2.45) is 0 Å². The molecule has 30 heavy (non-hydrogen) atoms. The highest BCUT2D eigenvalue weighted by Crippen LogP contribution is 2.31. The third-order valence-corrected chi connectivity index (χ3v) is 6.42. The van der Waals surface area contributed by atoms with Gasteiger partial charge in [0.2, 0.25) is 9.70 Å². The van der Waals surface area contributed by atoms with Crippen LogP contribution in [0.1, 0.15) is 90.4 Å². The Morgan fingerprint density at radius 1 is 0.867 bits per heavy atom. The number of hydrogen-bond donors (Lipinski definition) is 2. The summed E-state index contributed by atoms with van der Waals surface area (Å²) in [5, 5.41) is 5.90. The third kappa shape index (κ3) is 14.2. The van der Waals surface area contributed by atoms with E-state index >= 15 is 0 Å². The monoisotopic (exact) mass is 588 g/mol. The molecule has 0 unspecified atom stereocenters. The second-order valence-corrected chi connectivity index (χ2v) is 11.4. The van der Waals surface area contributed by atoms with Crippen LogP contribution in [0.25, 0.3) is 0 Å². The predicted octanol–water partition coefficient (Wildman–Crippen LogP) is 8.61. The van der Waals surface area contributed by atoms with Crippen LogP contribution in [0.15, 0.2) is 24.3 Å². The van der Waals surface area contributed by atoms with E-state index in [2.05, 4.69) is 40.1 Å².